The van der Waals surface area contributed by atoms with Crippen LogP contribution in [0.15, 0.2) is 18.2 Å². The van der Waals surface area contributed by atoms with Crippen LogP contribution in [0, 0.1) is 11.6 Å². The van der Waals surface area contributed by atoms with Gasteiger partial charge in [0.2, 0.25) is 0 Å². The number of carbonyl (C=O) groups is 1. The predicted octanol–water partition coefficient (Wildman–Crippen LogP) is 1.96. The number of hydrogen-bond acceptors (Lipinski definition) is 2. The zero-order valence-corrected chi connectivity index (χ0v) is 9.96. The number of benzene rings is 1. The Labute approximate surface area is 104 Å². The van der Waals surface area contributed by atoms with Gasteiger partial charge in [-0.15, -0.1) is 0 Å². The number of halogens is 2. The molecule has 3 nitrogen and oxygen atoms in total. The average molecular weight is 254 g/mol. The molecule has 0 bridgehead atoms. The molecule has 0 heterocycles. The normalized spacial score (nSPS) is 23.7. The molecule has 0 saturated heterocycles. The minimum absolute atomic E-state index is 0.112. The minimum Gasteiger partial charge on any atom is -0.348 e. The van der Waals surface area contributed by atoms with Crippen LogP contribution in [-0.2, 0) is 0 Å². The van der Waals surface area contributed by atoms with Crippen molar-refractivity contribution in [1.29, 1.82) is 0 Å². The lowest BCUT2D eigenvalue weighted by Crippen LogP contribution is -2.49. The van der Waals surface area contributed by atoms with Gasteiger partial charge < -0.3 is 11.1 Å². The third-order valence-electron chi connectivity index (χ3n) is 3.31. The lowest BCUT2D eigenvalue weighted by Gasteiger charge is -2.29. The molecule has 18 heavy (non-hydrogen) atoms. The quantitative estimate of drug-likeness (QED) is 0.847. The van der Waals surface area contributed by atoms with Crippen molar-refractivity contribution >= 4 is 5.91 Å². The van der Waals surface area contributed by atoms with Crippen LogP contribution >= 0.6 is 0 Å². The number of amides is 1. The summed E-state index contributed by atoms with van der Waals surface area (Å²) in [5.74, 6) is -1.96. The first-order valence-corrected chi connectivity index (χ1v) is 6.09. The maximum atomic E-state index is 13.4. The molecule has 1 aromatic carbocycles. The van der Waals surface area contributed by atoms with E-state index in [2.05, 4.69) is 5.32 Å². The molecule has 5 heteroatoms. The maximum absolute atomic E-state index is 13.4. The van der Waals surface area contributed by atoms with Gasteiger partial charge in [-0.2, -0.15) is 0 Å². The maximum Gasteiger partial charge on any atom is 0.254 e. The van der Waals surface area contributed by atoms with E-state index in [1.54, 1.807) is 0 Å². The standard InChI is InChI=1S/C13H16F2N2O/c14-8-5-6-10(15)9(7-8)13(18)17-12-4-2-1-3-11(12)16/h5-7,11-12H,1-4,16H2,(H,17,18)/t11-,12-/m1/s1. The highest BCUT2D eigenvalue weighted by Gasteiger charge is 2.24. The molecule has 1 aliphatic carbocycles. The lowest BCUT2D eigenvalue weighted by atomic mass is 9.91. The van der Waals surface area contributed by atoms with Crippen molar-refractivity contribution in [2.45, 2.75) is 37.8 Å². The number of nitrogens with one attached hydrogen (secondary N) is 1. The van der Waals surface area contributed by atoms with Gasteiger partial charge in [-0.1, -0.05) is 12.8 Å². The van der Waals surface area contributed by atoms with Crippen molar-refractivity contribution in [3.63, 3.8) is 0 Å². The van der Waals surface area contributed by atoms with E-state index in [0.29, 0.717) is 0 Å². The Morgan fingerprint density at radius 1 is 1.28 bits per heavy atom. The fraction of sp³-hybridized carbons (Fsp3) is 0.462. The van der Waals surface area contributed by atoms with Crippen LogP contribution in [0.25, 0.3) is 0 Å². The highest BCUT2D eigenvalue weighted by molar-refractivity contribution is 5.94. The third-order valence-corrected chi connectivity index (χ3v) is 3.31. The van der Waals surface area contributed by atoms with Gasteiger partial charge in [0, 0.05) is 12.1 Å². The van der Waals surface area contributed by atoms with Crippen molar-refractivity contribution in [2.24, 2.45) is 5.73 Å². The summed E-state index contributed by atoms with van der Waals surface area (Å²) in [5, 5.41) is 2.68. The molecule has 2 atom stereocenters. The van der Waals surface area contributed by atoms with Gasteiger partial charge in [0.1, 0.15) is 11.6 Å². The second-order valence-corrected chi connectivity index (χ2v) is 4.65. The molecule has 1 aromatic rings. The first-order valence-electron chi connectivity index (χ1n) is 6.09. The molecule has 2 rings (SSSR count). The smallest absolute Gasteiger partial charge is 0.254 e. The molecule has 1 saturated carbocycles. The Morgan fingerprint density at radius 3 is 2.72 bits per heavy atom. The molecule has 0 unspecified atom stereocenters. The molecule has 0 radical (unpaired) electrons. The Bertz CT molecular complexity index is 451. The van der Waals surface area contributed by atoms with Gasteiger partial charge in [-0.25, -0.2) is 8.78 Å². The summed E-state index contributed by atoms with van der Waals surface area (Å²) in [6, 6.07) is 2.57. The molecule has 1 fully saturated rings. The van der Waals surface area contributed by atoms with Crippen molar-refractivity contribution in [3.05, 3.63) is 35.4 Å². The lowest BCUT2D eigenvalue weighted by molar-refractivity contribution is 0.0916. The monoisotopic (exact) mass is 254 g/mol. The van der Waals surface area contributed by atoms with E-state index in [0.717, 1.165) is 43.9 Å². The first kappa shape index (κ1) is 13.0. The zero-order valence-electron chi connectivity index (χ0n) is 9.96. The Balaban J connectivity index is 2.09. The topological polar surface area (TPSA) is 55.1 Å². The number of hydrogen-bond donors (Lipinski definition) is 2. The number of rotatable bonds is 2. The second kappa shape index (κ2) is 5.44. The fourth-order valence-corrected chi connectivity index (χ4v) is 2.26. The minimum atomic E-state index is -0.724. The summed E-state index contributed by atoms with van der Waals surface area (Å²) in [7, 11) is 0. The summed E-state index contributed by atoms with van der Waals surface area (Å²) < 4.78 is 26.4. The van der Waals surface area contributed by atoms with Crippen LogP contribution in [0.3, 0.4) is 0 Å². The summed E-state index contributed by atoms with van der Waals surface area (Å²) in [5.41, 5.74) is 5.62. The van der Waals surface area contributed by atoms with Gasteiger partial charge in [0.05, 0.1) is 5.56 Å². The second-order valence-electron chi connectivity index (χ2n) is 4.65. The van der Waals surface area contributed by atoms with Crippen molar-refractivity contribution in [2.75, 3.05) is 0 Å². The highest BCUT2D eigenvalue weighted by Crippen LogP contribution is 2.18. The van der Waals surface area contributed by atoms with Gasteiger partial charge in [-0.05, 0) is 31.0 Å². The molecule has 98 valence electrons. The Morgan fingerprint density at radius 2 is 2.00 bits per heavy atom. The van der Waals surface area contributed by atoms with Crippen LogP contribution in [0.1, 0.15) is 36.0 Å². The molecular formula is C13H16F2N2O. The van der Waals surface area contributed by atoms with Crippen molar-refractivity contribution in [3.8, 4) is 0 Å². The molecular weight excluding hydrogens is 238 g/mol. The Kier molecular flexibility index (Phi) is 3.91. The molecule has 0 aromatic heterocycles. The largest absolute Gasteiger partial charge is 0.348 e. The van der Waals surface area contributed by atoms with E-state index in [4.69, 9.17) is 5.73 Å². The molecule has 0 spiro atoms. The summed E-state index contributed by atoms with van der Waals surface area (Å²) in [4.78, 5) is 11.9. The van der Waals surface area contributed by atoms with Gasteiger partial charge in [-0.3, -0.25) is 4.79 Å². The van der Waals surface area contributed by atoms with Crippen LogP contribution in [-0.4, -0.2) is 18.0 Å². The summed E-state index contributed by atoms with van der Waals surface area (Å²) in [6.07, 6.45) is 3.66. The van der Waals surface area contributed by atoms with Crippen LogP contribution in [0.5, 0.6) is 0 Å². The van der Waals surface area contributed by atoms with Crippen molar-refractivity contribution in [1.82, 2.24) is 5.32 Å². The highest BCUT2D eigenvalue weighted by atomic mass is 19.1. The predicted molar refractivity (Wildman–Crippen MR) is 64.1 cm³/mol. The zero-order chi connectivity index (χ0) is 13.1. The number of carbonyl (C=O) groups excluding carboxylic acids is 1. The van der Waals surface area contributed by atoms with Crippen LogP contribution in [0.2, 0.25) is 0 Å². The molecule has 3 N–H and O–H groups in total. The van der Waals surface area contributed by atoms with E-state index in [1.807, 2.05) is 0 Å². The molecule has 0 aliphatic heterocycles. The van der Waals surface area contributed by atoms with Gasteiger partial charge >= 0.3 is 0 Å². The SMILES string of the molecule is N[C@@H]1CCCC[C@H]1NC(=O)c1cc(F)ccc1F. The van der Waals surface area contributed by atoms with E-state index >= 15 is 0 Å². The first-order chi connectivity index (χ1) is 8.58. The third kappa shape index (κ3) is 2.85. The van der Waals surface area contributed by atoms with E-state index < -0.39 is 17.5 Å². The van der Waals surface area contributed by atoms with Crippen LogP contribution in [0.4, 0.5) is 8.78 Å². The fourth-order valence-electron chi connectivity index (χ4n) is 2.26. The number of nitrogens with two attached hydrogens (primary N) is 1. The van der Waals surface area contributed by atoms with E-state index in [9.17, 15) is 13.6 Å². The van der Waals surface area contributed by atoms with Crippen molar-refractivity contribution < 1.29 is 13.6 Å². The van der Waals surface area contributed by atoms with E-state index in [-0.39, 0.29) is 17.6 Å². The van der Waals surface area contributed by atoms with E-state index in [1.165, 1.54) is 0 Å². The Hall–Kier alpha value is -1.49. The average Bonchev–Trinajstić information content (AvgIpc) is 2.35. The van der Waals surface area contributed by atoms with Gasteiger partial charge in [0.15, 0.2) is 0 Å². The van der Waals surface area contributed by atoms with Crippen LogP contribution < -0.4 is 11.1 Å². The van der Waals surface area contributed by atoms with Gasteiger partial charge in [0.25, 0.3) is 5.91 Å². The summed E-state index contributed by atoms with van der Waals surface area (Å²) >= 11 is 0. The molecule has 1 aliphatic rings. The molecule has 1 amide bonds. The summed E-state index contributed by atoms with van der Waals surface area (Å²) in [6.45, 7) is 0.